The van der Waals surface area contributed by atoms with Gasteiger partial charge >= 0.3 is 0 Å². The highest BCUT2D eigenvalue weighted by atomic mass is 14.6. The van der Waals surface area contributed by atoms with Gasteiger partial charge in [-0.1, -0.05) is 206 Å². The van der Waals surface area contributed by atoms with Crippen LogP contribution in [-0.2, 0) is 23.7 Å². The van der Waals surface area contributed by atoms with Crippen LogP contribution in [0.25, 0.3) is 44.5 Å². The molecule has 270 valence electrons. The molecule has 58 heavy (non-hydrogen) atoms. The molecule has 15 rings (SSSR count). The summed E-state index contributed by atoms with van der Waals surface area (Å²) in [5.41, 5.74) is 29.1. The fourth-order valence-corrected chi connectivity index (χ4v) is 12.3. The molecule has 9 aromatic rings. The lowest BCUT2D eigenvalue weighted by atomic mass is 9.60. The summed E-state index contributed by atoms with van der Waals surface area (Å²) in [6.45, 7) is 0. The Hall–Kier alpha value is -7.02. The fraction of sp³-hybridized carbons (Fsp3) is 0.0690. The Kier molecular flexibility index (Phi) is 6.51. The summed E-state index contributed by atoms with van der Waals surface area (Å²) in [5, 5.41) is 0. The van der Waals surface area contributed by atoms with Crippen molar-refractivity contribution in [3.05, 3.63) is 273 Å². The Morgan fingerprint density at radius 2 is 0.448 bits per heavy atom. The van der Waals surface area contributed by atoms with E-state index in [1.165, 1.54) is 89.0 Å². The van der Waals surface area contributed by atoms with E-state index in [2.05, 4.69) is 170 Å². The molecule has 0 fully saturated rings. The summed E-state index contributed by atoms with van der Waals surface area (Å²) in [6, 6.07) is 75.6. The van der Waals surface area contributed by atoms with E-state index in [-0.39, 0.29) is 10.8 Å². The Balaban J connectivity index is 0.000000106. The minimum Gasteiger partial charge on any atom is -0.0623 e. The molecule has 2 spiro atoms. The molecular weight excluding hydrogens is 697 g/mol. The third-order valence-electron chi connectivity index (χ3n) is 14.0. The maximum Gasteiger partial charge on any atom is 0.0736 e. The van der Waals surface area contributed by atoms with Crippen LogP contribution in [0.1, 0.15) is 66.8 Å². The molecule has 9 aromatic carbocycles. The van der Waals surface area contributed by atoms with Gasteiger partial charge in [-0.2, -0.15) is 0 Å². The molecule has 0 amide bonds. The molecule has 0 heteroatoms. The number of hydrogen-bond acceptors (Lipinski definition) is 0. The summed E-state index contributed by atoms with van der Waals surface area (Å²) in [6.07, 6.45) is 2.11. The first kappa shape index (κ1) is 32.1. The first-order valence-corrected chi connectivity index (χ1v) is 20.7. The molecule has 0 unspecified atom stereocenters. The van der Waals surface area contributed by atoms with Crippen molar-refractivity contribution in [1.82, 2.24) is 0 Å². The lowest BCUT2D eigenvalue weighted by molar-refractivity contribution is 0.711. The molecule has 0 saturated heterocycles. The third-order valence-corrected chi connectivity index (χ3v) is 14.0. The lowest BCUT2D eigenvalue weighted by Gasteiger charge is -2.41. The molecule has 0 nitrogen and oxygen atoms in total. The normalized spacial score (nSPS) is 15.0. The van der Waals surface area contributed by atoms with Crippen LogP contribution in [0.3, 0.4) is 0 Å². The average molecular weight is 735 g/mol. The Labute approximate surface area is 339 Å². The van der Waals surface area contributed by atoms with Crippen LogP contribution < -0.4 is 0 Å². The topological polar surface area (TPSA) is 0 Å². The van der Waals surface area contributed by atoms with E-state index in [1.54, 1.807) is 22.3 Å². The van der Waals surface area contributed by atoms with Gasteiger partial charge in [0.2, 0.25) is 0 Å². The van der Waals surface area contributed by atoms with Gasteiger partial charge in [-0.25, -0.2) is 0 Å². The molecular formula is C58H38. The molecule has 6 aliphatic rings. The Bertz CT molecular complexity index is 2750. The van der Waals surface area contributed by atoms with Gasteiger partial charge in [-0.3, -0.25) is 0 Å². The minimum absolute atomic E-state index is 0.0633. The molecule has 0 radical (unpaired) electrons. The van der Waals surface area contributed by atoms with Crippen LogP contribution in [0.4, 0.5) is 0 Å². The highest BCUT2D eigenvalue weighted by Crippen LogP contribution is 2.69. The average Bonchev–Trinajstić information content (AvgIpc) is 3.98. The number of benzene rings is 9. The Morgan fingerprint density at radius 1 is 0.207 bits per heavy atom. The predicted molar refractivity (Wildman–Crippen MR) is 238 cm³/mol. The summed E-state index contributed by atoms with van der Waals surface area (Å²) in [5.74, 6) is 0. The lowest BCUT2D eigenvalue weighted by Crippen LogP contribution is -2.35. The van der Waals surface area contributed by atoms with E-state index >= 15 is 0 Å². The summed E-state index contributed by atoms with van der Waals surface area (Å²) in [4.78, 5) is 0. The summed E-state index contributed by atoms with van der Waals surface area (Å²) >= 11 is 0. The van der Waals surface area contributed by atoms with Crippen LogP contribution in [-0.4, -0.2) is 0 Å². The molecule has 0 aromatic heterocycles. The summed E-state index contributed by atoms with van der Waals surface area (Å²) < 4.78 is 0. The van der Waals surface area contributed by atoms with Gasteiger partial charge in [0.05, 0.1) is 10.8 Å². The SMILES string of the molecule is c1cc2c3c(c1)-c1cccc4c1C31c3c(cccc3-c3cccc(c31)C4)C2.c1ccc2c(c1)-c1ccccc1C21c2ccccc2-c2ccccc21.c1ccccc1. The van der Waals surface area contributed by atoms with Gasteiger partial charge in [-0.05, 0) is 124 Å². The number of hydrogen-bond donors (Lipinski definition) is 0. The second-order valence-electron chi connectivity index (χ2n) is 16.5. The zero-order valence-corrected chi connectivity index (χ0v) is 32.0. The molecule has 0 N–H and O–H groups in total. The first-order chi connectivity index (χ1) is 28.8. The zero-order valence-electron chi connectivity index (χ0n) is 32.0. The second kappa shape index (κ2) is 11.8. The molecule has 0 aliphatic heterocycles. The highest BCUT2D eigenvalue weighted by molar-refractivity contribution is 6.00. The van der Waals surface area contributed by atoms with E-state index in [4.69, 9.17) is 0 Å². The van der Waals surface area contributed by atoms with Crippen molar-refractivity contribution >= 4 is 0 Å². The monoisotopic (exact) mass is 734 g/mol. The number of rotatable bonds is 0. The van der Waals surface area contributed by atoms with Crippen molar-refractivity contribution in [1.29, 1.82) is 0 Å². The minimum atomic E-state index is -0.180. The second-order valence-corrected chi connectivity index (χ2v) is 16.5. The van der Waals surface area contributed by atoms with E-state index < -0.39 is 0 Å². The third kappa shape index (κ3) is 3.86. The van der Waals surface area contributed by atoms with Crippen LogP contribution in [0.5, 0.6) is 0 Å². The van der Waals surface area contributed by atoms with Gasteiger partial charge in [0.15, 0.2) is 0 Å². The van der Waals surface area contributed by atoms with Crippen LogP contribution in [0.2, 0.25) is 0 Å². The van der Waals surface area contributed by atoms with Crippen LogP contribution in [0, 0.1) is 0 Å². The van der Waals surface area contributed by atoms with Gasteiger partial charge in [-0.15, -0.1) is 0 Å². The quantitative estimate of drug-likeness (QED) is 0.146. The summed E-state index contributed by atoms with van der Waals surface area (Å²) in [7, 11) is 0. The first-order valence-electron chi connectivity index (χ1n) is 20.7. The molecule has 0 heterocycles. The van der Waals surface area contributed by atoms with Crippen molar-refractivity contribution in [2.45, 2.75) is 23.7 Å². The van der Waals surface area contributed by atoms with Gasteiger partial charge in [0.25, 0.3) is 0 Å². The maximum absolute atomic E-state index is 2.37. The predicted octanol–water partition coefficient (Wildman–Crippen LogP) is 13.6. The van der Waals surface area contributed by atoms with Crippen molar-refractivity contribution in [2.75, 3.05) is 0 Å². The maximum atomic E-state index is 2.37. The van der Waals surface area contributed by atoms with Gasteiger partial charge in [0, 0.05) is 0 Å². The van der Waals surface area contributed by atoms with Gasteiger partial charge in [0.1, 0.15) is 0 Å². The van der Waals surface area contributed by atoms with E-state index in [0.717, 1.165) is 12.8 Å². The van der Waals surface area contributed by atoms with E-state index in [0.29, 0.717) is 0 Å². The van der Waals surface area contributed by atoms with Crippen LogP contribution >= 0.6 is 0 Å². The zero-order chi connectivity index (χ0) is 38.0. The smallest absolute Gasteiger partial charge is 0.0623 e. The Morgan fingerprint density at radius 3 is 0.724 bits per heavy atom. The van der Waals surface area contributed by atoms with Crippen LogP contribution in [0.15, 0.2) is 206 Å². The van der Waals surface area contributed by atoms with E-state index in [1.807, 2.05) is 36.4 Å². The largest absolute Gasteiger partial charge is 0.0736 e. The molecule has 0 bridgehead atoms. The molecule has 6 aliphatic carbocycles. The molecule has 0 atom stereocenters. The number of fused-ring (bicyclic) bond motifs is 12. The molecule has 0 saturated carbocycles. The standard InChI is InChI=1S/C27H16.C25H16.C6H6/c1-5-15-13-16-6-3-11-21-22-12-4-8-18-14-17-7-2-10-20-19(9-1)23(15)27(24(17)20,25(16)21)26(18)22;1-5-13-21-17(9-1)18-10-2-6-14-22(18)25(21)23-15-7-3-11-19(23)20-12-4-8-16-24(20)25;1-2-4-6-5-3-1/h1-12H,13-14H2;1-16H;1-6H. The highest BCUT2D eigenvalue weighted by Gasteiger charge is 2.58. The van der Waals surface area contributed by atoms with Crippen molar-refractivity contribution in [3.63, 3.8) is 0 Å². The van der Waals surface area contributed by atoms with Crippen molar-refractivity contribution < 1.29 is 0 Å². The fourth-order valence-electron chi connectivity index (χ4n) is 12.3. The van der Waals surface area contributed by atoms with Crippen molar-refractivity contribution in [3.8, 4) is 44.5 Å². The van der Waals surface area contributed by atoms with Crippen molar-refractivity contribution in [2.24, 2.45) is 0 Å². The van der Waals surface area contributed by atoms with Gasteiger partial charge < -0.3 is 0 Å². The van der Waals surface area contributed by atoms with E-state index in [9.17, 15) is 0 Å².